The number of benzene rings is 1. The zero-order chi connectivity index (χ0) is 17.8. The number of phenols is 1. The summed E-state index contributed by atoms with van der Waals surface area (Å²) in [6.45, 7) is 2.24. The number of nitrogens with one attached hydrogen (secondary N) is 1. The van der Waals surface area contributed by atoms with Crippen molar-refractivity contribution in [2.45, 2.75) is 57.5 Å². The second kappa shape index (κ2) is 6.01. The molecule has 4 nitrogen and oxygen atoms in total. The van der Waals surface area contributed by atoms with Gasteiger partial charge in [0.05, 0.1) is 6.10 Å². The van der Waals surface area contributed by atoms with Crippen molar-refractivity contribution in [1.82, 2.24) is 5.32 Å². The molecule has 4 rings (SSSR count). The molecule has 0 aliphatic heterocycles. The molecular weight excluding hydrogens is 314 g/mol. The summed E-state index contributed by atoms with van der Waals surface area (Å²) in [6, 6.07) is 5.85. The highest BCUT2D eigenvalue weighted by Crippen LogP contribution is 2.62. The summed E-state index contributed by atoms with van der Waals surface area (Å²) < 4.78 is 0. The number of fused-ring (bicyclic) bond motifs is 5. The summed E-state index contributed by atoms with van der Waals surface area (Å²) in [6.07, 6.45) is 5.26. The van der Waals surface area contributed by atoms with E-state index in [2.05, 4.69) is 18.3 Å². The third kappa shape index (κ3) is 2.57. The van der Waals surface area contributed by atoms with E-state index in [9.17, 15) is 15.0 Å². The van der Waals surface area contributed by atoms with Gasteiger partial charge in [-0.15, -0.1) is 0 Å². The van der Waals surface area contributed by atoms with Crippen LogP contribution in [-0.4, -0.2) is 29.3 Å². The third-order valence-electron chi connectivity index (χ3n) is 7.55. The molecule has 0 bridgehead atoms. The lowest BCUT2D eigenvalue weighted by Crippen LogP contribution is -2.44. The van der Waals surface area contributed by atoms with Gasteiger partial charge >= 0.3 is 0 Å². The van der Waals surface area contributed by atoms with Crippen LogP contribution in [0, 0.1) is 23.2 Å². The number of aryl methyl sites for hydroxylation is 1. The average Bonchev–Trinajstić information content (AvgIpc) is 2.85. The number of phenolic OH excluding ortho intramolecular Hbond substituents is 1. The second-order valence-corrected chi connectivity index (χ2v) is 8.66. The molecule has 0 saturated heterocycles. The molecule has 1 aromatic rings. The Labute approximate surface area is 149 Å². The lowest BCUT2D eigenvalue weighted by Gasteiger charge is -2.50. The van der Waals surface area contributed by atoms with Gasteiger partial charge in [-0.1, -0.05) is 13.0 Å². The van der Waals surface area contributed by atoms with Crippen molar-refractivity contribution in [3.63, 3.8) is 0 Å². The Kier molecular flexibility index (Phi) is 4.06. The highest BCUT2D eigenvalue weighted by atomic mass is 16.3. The van der Waals surface area contributed by atoms with Gasteiger partial charge in [0, 0.05) is 13.5 Å². The second-order valence-electron chi connectivity index (χ2n) is 8.66. The smallest absolute Gasteiger partial charge is 0.220 e. The molecule has 3 aliphatic rings. The first-order chi connectivity index (χ1) is 11.9. The van der Waals surface area contributed by atoms with E-state index in [1.54, 1.807) is 7.05 Å². The van der Waals surface area contributed by atoms with Crippen LogP contribution in [0.5, 0.6) is 5.75 Å². The van der Waals surface area contributed by atoms with E-state index in [0.717, 1.165) is 32.1 Å². The Morgan fingerprint density at radius 2 is 2.16 bits per heavy atom. The predicted molar refractivity (Wildman–Crippen MR) is 96.3 cm³/mol. The Morgan fingerprint density at radius 1 is 1.36 bits per heavy atom. The van der Waals surface area contributed by atoms with Crippen molar-refractivity contribution in [2.75, 3.05) is 7.05 Å². The number of amides is 1. The highest BCUT2D eigenvalue weighted by molar-refractivity contribution is 5.75. The third-order valence-corrected chi connectivity index (χ3v) is 7.55. The van der Waals surface area contributed by atoms with Gasteiger partial charge in [-0.05, 0) is 84.5 Å². The van der Waals surface area contributed by atoms with E-state index in [1.807, 2.05) is 12.1 Å². The number of rotatable bonds is 2. The minimum atomic E-state index is -0.378. The normalized spacial score (nSPS) is 39.2. The molecule has 0 radical (unpaired) electrons. The van der Waals surface area contributed by atoms with Crippen LogP contribution in [0.15, 0.2) is 18.2 Å². The average molecular weight is 343 g/mol. The van der Waals surface area contributed by atoms with Crippen molar-refractivity contribution in [3.05, 3.63) is 29.3 Å². The molecule has 1 aromatic carbocycles. The summed E-state index contributed by atoms with van der Waals surface area (Å²) in [7, 11) is 1.67. The lowest BCUT2D eigenvalue weighted by molar-refractivity contribution is -0.122. The Balaban J connectivity index is 1.62. The summed E-state index contributed by atoms with van der Waals surface area (Å²) in [5.74, 6) is 2.08. The molecule has 1 amide bonds. The molecule has 6 unspecified atom stereocenters. The van der Waals surface area contributed by atoms with Crippen LogP contribution in [0.3, 0.4) is 0 Å². The molecule has 25 heavy (non-hydrogen) atoms. The number of hydrogen-bond acceptors (Lipinski definition) is 3. The molecule has 4 heteroatoms. The molecule has 0 heterocycles. The number of aliphatic hydroxyl groups excluding tert-OH is 1. The molecule has 2 fully saturated rings. The molecule has 0 aromatic heterocycles. The fourth-order valence-corrected chi connectivity index (χ4v) is 6.26. The summed E-state index contributed by atoms with van der Waals surface area (Å²) >= 11 is 0. The molecule has 136 valence electrons. The Hall–Kier alpha value is -1.55. The van der Waals surface area contributed by atoms with Crippen LogP contribution in [0.25, 0.3) is 0 Å². The largest absolute Gasteiger partial charge is 0.508 e. The van der Waals surface area contributed by atoms with Crippen LogP contribution in [0.2, 0.25) is 0 Å². The Morgan fingerprint density at radius 3 is 2.92 bits per heavy atom. The molecule has 2 saturated carbocycles. The SMILES string of the molecule is CNC(=O)CC1CC2C3CCc4cc(O)ccc4C3CCC2(C)C1O. The van der Waals surface area contributed by atoms with Gasteiger partial charge in [0.15, 0.2) is 0 Å². The van der Waals surface area contributed by atoms with Crippen LogP contribution in [-0.2, 0) is 11.2 Å². The number of aromatic hydroxyl groups is 1. The first-order valence-electron chi connectivity index (χ1n) is 9.64. The fraction of sp³-hybridized carbons (Fsp3) is 0.667. The fourth-order valence-electron chi connectivity index (χ4n) is 6.26. The van der Waals surface area contributed by atoms with E-state index in [0.29, 0.717) is 29.9 Å². The van der Waals surface area contributed by atoms with Crippen molar-refractivity contribution >= 4 is 5.91 Å². The maximum absolute atomic E-state index is 11.9. The molecule has 3 N–H and O–H groups in total. The van der Waals surface area contributed by atoms with Gasteiger partial charge in [0.2, 0.25) is 5.91 Å². The van der Waals surface area contributed by atoms with Gasteiger partial charge < -0.3 is 15.5 Å². The molecule has 0 spiro atoms. The van der Waals surface area contributed by atoms with Gasteiger partial charge in [-0.3, -0.25) is 4.79 Å². The van der Waals surface area contributed by atoms with Crippen LogP contribution in [0.1, 0.15) is 56.1 Å². The van der Waals surface area contributed by atoms with E-state index in [1.165, 1.54) is 11.1 Å². The van der Waals surface area contributed by atoms with E-state index in [4.69, 9.17) is 0 Å². The maximum Gasteiger partial charge on any atom is 0.220 e. The number of carbonyl (C=O) groups excluding carboxylic acids is 1. The molecular formula is C21H29NO3. The van der Waals surface area contributed by atoms with Crippen LogP contribution >= 0.6 is 0 Å². The van der Waals surface area contributed by atoms with Crippen molar-refractivity contribution in [1.29, 1.82) is 0 Å². The predicted octanol–water partition coefficient (Wildman–Crippen LogP) is 2.97. The summed E-state index contributed by atoms with van der Waals surface area (Å²) in [5.41, 5.74) is 2.64. The van der Waals surface area contributed by atoms with E-state index >= 15 is 0 Å². The van der Waals surface area contributed by atoms with Crippen LogP contribution < -0.4 is 5.32 Å². The first kappa shape index (κ1) is 16.9. The first-order valence-corrected chi connectivity index (χ1v) is 9.64. The van der Waals surface area contributed by atoms with Crippen molar-refractivity contribution in [2.24, 2.45) is 23.2 Å². The van der Waals surface area contributed by atoms with Gasteiger partial charge in [-0.25, -0.2) is 0 Å². The number of hydrogen-bond donors (Lipinski definition) is 3. The van der Waals surface area contributed by atoms with Crippen molar-refractivity contribution < 1.29 is 15.0 Å². The zero-order valence-corrected chi connectivity index (χ0v) is 15.2. The zero-order valence-electron chi connectivity index (χ0n) is 15.2. The topological polar surface area (TPSA) is 69.6 Å². The number of carbonyl (C=O) groups is 1. The van der Waals surface area contributed by atoms with E-state index < -0.39 is 0 Å². The van der Waals surface area contributed by atoms with Crippen LogP contribution in [0.4, 0.5) is 0 Å². The minimum Gasteiger partial charge on any atom is -0.508 e. The summed E-state index contributed by atoms with van der Waals surface area (Å²) in [4.78, 5) is 11.9. The quantitative estimate of drug-likeness (QED) is 0.773. The highest BCUT2D eigenvalue weighted by Gasteiger charge is 2.57. The number of aliphatic hydroxyl groups is 1. The standard InChI is InChI=1S/C21H29NO3/c1-21-8-7-16-15-6-4-14(23)9-12(15)3-5-17(16)18(21)10-13(20(21)25)11-19(24)22-2/h4,6,9,13,16-18,20,23,25H,3,5,7-8,10-11H2,1-2H3,(H,22,24). The van der Waals surface area contributed by atoms with Gasteiger partial charge in [0.1, 0.15) is 5.75 Å². The van der Waals surface area contributed by atoms with Gasteiger partial charge in [0.25, 0.3) is 0 Å². The minimum absolute atomic E-state index is 0.0345. The monoisotopic (exact) mass is 343 g/mol. The van der Waals surface area contributed by atoms with Crippen molar-refractivity contribution in [3.8, 4) is 5.75 Å². The summed E-state index contributed by atoms with van der Waals surface area (Å²) in [5, 5.41) is 23.5. The molecule has 6 atom stereocenters. The maximum atomic E-state index is 11.9. The molecule has 3 aliphatic carbocycles. The van der Waals surface area contributed by atoms with E-state index in [-0.39, 0.29) is 23.3 Å². The lowest BCUT2D eigenvalue weighted by atomic mass is 9.55. The van der Waals surface area contributed by atoms with Gasteiger partial charge in [-0.2, -0.15) is 0 Å². The Bertz CT molecular complexity index is 688.